The lowest BCUT2D eigenvalue weighted by Gasteiger charge is -2.12. The zero-order valence-electron chi connectivity index (χ0n) is 14.8. The second kappa shape index (κ2) is 7.44. The highest BCUT2D eigenvalue weighted by atomic mass is 32.1. The van der Waals surface area contributed by atoms with Crippen molar-refractivity contribution in [3.8, 4) is 5.69 Å². The van der Waals surface area contributed by atoms with Crippen molar-refractivity contribution in [2.75, 3.05) is 5.32 Å². The number of anilines is 1. The number of halogens is 2. The number of thiophene rings is 1. The van der Waals surface area contributed by atoms with Crippen molar-refractivity contribution >= 4 is 33.1 Å². The lowest BCUT2D eigenvalue weighted by Crippen LogP contribution is -2.40. The third-order valence-corrected chi connectivity index (χ3v) is 5.17. The maximum atomic E-state index is 13.8. The van der Waals surface area contributed by atoms with Crippen molar-refractivity contribution in [1.29, 1.82) is 0 Å². The van der Waals surface area contributed by atoms with E-state index in [2.05, 4.69) is 5.32 Å². The van der Waals surface area contributed by atoms with Gasteiger partial charge in [0.1, 0.15) is 22.9 Å². The topological polar surface area (TPSA) is 73.1 Å². The molecule has 0 bridgehead atoms. The van der Waals surface area contributed by atoms with E-state index in [0.717, 1.165) is 32.6 Å². The van der Waals surface area contributed by atoms with Gasteiger partial charge in [-0.25, -0.2) is 18.1 Å². The zero-order valence-corrected chi connectivity index (χ0v) is 15.6. The summed E-state index contributed by atoms with van der Waals surface area (Å²) in [6.45, 7) is -0.448. The molecule has 29 heavy (non-hydrogen) atoms. The molecule has 146 valence electrons. The van der Waals surface area contributed by atoms with Crippen molar-refractivity contribution in [2.24, 2.45) is 0 Å². The normalized spacial score (nSPS) is 11.0. The maximum absolute atomic E-state index is 13.8. The van der Waals surface area contributed by atoms with E-state index in [-0.39, 0.29) is 5.69 Å². The molecule has 0 aliphatic rings. The molecule has 1 amide bonds. The minimum Gasteiger partial charge on any atom is -0.322 e. The molecule has 0 saturated heterocycles. The Labute approximate surface area is 166 Å². The fourth-order valence-corrected chi connectivity index (χ4v) is 3.79. The average Bonchev–Trinajstić information content (AvgIpc) is 3.18. The van der Waals surface area contributed by atoms with Gasteiger partial charge in [-0.15, -0.1) is 11.3 Å². The van der Waals surface area contributed by atoms with E-state index in [0.29, 0.717) is 22.0 Å². The minimum absolute atomic E-state index is 0.206. The summed E-state index contributed by atoms with van der Waals surface area (Å²) in [7, 11) is 0. The Morgan fingerprint density at radius 2 is 1.79 bits per heavy atom. The van der Waals surface area contributed by atoms with Crippen molar-refractivity contribution in [3.63, 3.8) is 0 Å². The molecule has 0 fully saturated rings. The van der Waals surface area contributed by atoms with Gasteiger partial charge in [-0.05, 0) is 35.7 Å². The summed E-state index contributed by atoms with van der Waals surface area (Å²) in [5, 5.41) is 3.97. The Hall–Kier alpha value is -3.59. The van der Waals surface area contributed by atoms with Crippen LogP contribution in [0.4, 0.5) is 14.5 Å². The Morgan fingerprint density at radius 3 is 2.52 bits per heavy atom. The number of amides is 1. The molecular weight excluding hydrogens is 400 g/mol. The van der Waals surface area contributed by atoms with Gasteiger partial charge in [0.05, 0.1) is 16.9 Å². The van der Waals surface area contributed by atoms with E-state index in [9.17, 15) is 23.2 Å². The summed E-state index contributed by atoms with van der Waals surface area (Å²) in [4.78, 5) is 38.3. The van der Waals surface area contributed by atoms with Crippen molar-refractivity contribution in [3.05, 3.63) is 92.4 Å². The number of hydrogen-bond donors (Lipinski definition) is 1. The van der Waals surface area contributed by atoms with E-state index < -0.39 is 35.3 Å². The van der Waals surface area contributed by atoms with Crippen LogP contribution in [0.1, 0.15) is 0 Å². The average molecular weight is 413 g/mol. The van der Waals surface area contributed by atoms with Crippen LogP contribution in [0.2, 0.25) is 0 Å². The number of aromatic nitrogens is 2. The first-order valence-corrected chi connectivity index (χ1v) is 9.37. The van der Waals surface area contributed by atoms with Gasteiger partial charge in [0.25, 0.3) is 5.56 Å². The zero-order chi connectivity index (χ0) is 20.5. The van der Waals surface area contributed by atoms with Crippen LogP contribution in [0.25, 0.3) is 15.9 Å². The SMILES string of the molecule is O=C(Cn1c(=O)n(-c2ccccc2)c(=O)c2sccc21)Nc1ccc(F)cc1F. The molecule has 4 rings (SSSR count). The highest BCUT2D eigenvalue weighted by molar-refractivity contribution is 7.17. The summed E-state index contributed by atoms with van der Waals surface area (Å²) in [6, 6.07) is 12.7. The van der Waals surface area contributed by atoms with E-state index in [1.54, 1.807) is 41.8 Å². The number of nitrogens with zero attached hydrogens (tertiary/aromatic N) is 2. The lowest BCUT2D eigenvalue weighted by atomic mass is 10.3. The number of benzene rings is 2. The smallest absolute Gasteiger partial charge is 0.322 e. The van der Waals surface area contributed by atoms with Gasteiger partial charge in [0.2, 0.25) is 5.91 Å². The minimum atomic E-state index is -0.930. The molecule has 2 aromatic carbocycles. The second-order valence-corrected chi connectivity index (χ2v) is 7.07. The van der Waals surface area contributed by atoms with Crippen molar-refractivity contribution in [2.45, 2.75) is 6.54 Å². The number of fused-ring (bicyclic) bond motifs is 1. The Balaban J connectivity index is 1.78. The van der Waals surface area contributed by atoms with Crippen molar-refractivity contribution in [1.82, 2.24) is 9.13 Å². The third-order valence-electron chi connectivity index (χ3n) is 4.28. The predicted octanol–water partition coefficient (Wildman–Crippen LogP) is 3.13. The molecule has 0 saturated carbocycles. The van der Waals surface area contributed by atoms with Gasteiger partial charge in [0, 0.05) is 6.07 Å². The molecule has 1 N–H and O–H groups in total. The first-order valence-electron chi connectivity index (χ1n) is 8.49. The van der Waals surface area contributed by atoms with Crippen LogP contribution < -0.4 is 16.6 Å². The molecule has 0 atom stereocenters. The van der Waals surface area contributed by atoms with E-state index >= 15 is 0 Å². The lowest BCUT2D eigenvalue weighted by molar-refractivity contribution is -0.116. The fourth-order valence-electron chi connectivity index (χ4n) is 2.97. The summed E-state index contributed by atoms with van der Waals surface area (Å²) >= 11 is 1.15. The van der Waals surface area contributed by atoms with Crippen LogP contribution in [0, 0.1) is 11.6 Å². The van der Waals surface area contributed by atoms with Crippen LogP contribution >= 0.6 is 11.3 Å². The third kappa shape index (κ3) is 3.47. The summed E-state index contributed by atoms with van der Waals surface area (Å²) in [5.74, 6) is -2.39. The molecule has 0 radical (unpaired) electrons. The molecular formula is C20H13F2N3O3S. The van der Waals surface area contributed by atoms with Gasteiger partial charge >= 0.3 is 5.69 Å². The highest BCUT2D eigenvalue weighted by Gasteiger charge is 2.18. The van der Waals surface area contributed by atoms with Crippen LogP contribution in [0.3, 0.4) is 0 Å². The number of carbonyl (C=O) groups excluding carboxylic acids is 1. The summed E-state index contributed by atoms with van der Waals surface area (Å²) in [5.41, 5.74) is -0.694. The summed E-state index contributed by atoms with van der Waals surface area (Å²) in [6.07, 6.45) is 0. The monoisotopic (exact) mass is 413 g/mol. The van der Waals surface area contributed by atoms with Gasteiger partial charge in [0.15, 0.2) is 0 Å². The van der Waals surface area contributed by atoms with E-state index in [4.69, 9.17) is 0 Å². The van der Waals surface area contributed by atoms with Gasteiger partial charge in [-0.1, -0.05) is 18.2 Å². The summed E-state index contributed by atoms with van der Waals surface area (Å²) < 4.78 is 29.3. The molecule has 0 spiro atoms. The van der Waals surface area contributed by atoms with Crippen LogP contribution in [-0.4, -0.2) is 15.0 Å². The molecule has 0 aliphatic heterocycles. The second-order valence-electron chi connectivity index (χ2n) is 6.15. The van der Waals surface area contributed by atoms with Gasteiger partial charge in [-0.2, -0.15) is 0 Å². The van der Waals surface area contributed by atoms with Gasteiger partial charge in [-0.3, -0.25) is 14.2 Å². The molecule has 0 aliphatic carbocycles. The number of nitrogens with one attached hydrogen (secondary N) is 1. The molecule has 2 aromatic heterocycles. The quantitative estimate of drug-likeness (QED) is 0.559. The van der Waals surface area contributed by atoms with Crippen LogP contribution in [0.5, 0.6) is 0 Å². The predicted molar refractivity (Wildman–Crippen MR) is 107 cm³/mol. The van der Waals surface area contributed by atoms with E-state index in [1.807, 2.05) is 0 Å². The Morgan fingerprint density at radius 1 is 1.03 bits per heavy atom. The number of para-hydroxylation sites is 1. The first-order chi connectivity index (χ1) is 14.0. The number of hydrogen-bond acceptors (Lipinski definition) is 4. The maximum Gasteiger partial charge on any atom is 0.336 e. The Bertz CT molecular complexity index is 1340. The molecule has 2 heterocycles. The molecule has 0 unspecified atom stereocenters. The number of rotatable bonds is 4. The molecule has 9 heteroatoms. The van der Waals surface area contributed by atoms with Gasteiger partial charge < -0.3 is 5.32 Å². The number of carbonyl (C=O) groups is 1. The fraction of sp³-hybridized carbons (Fsp3) is 0.0500. The largest absolute Gasteiger partial charge is 0.336 e. The standard InChI is InChI=1S/C20H13F2N3O3S/c21-12-6-7-15(14(22)10-12)23-17(26)11-24-16-8-9-29-18(16)19(27)25(20(24)28)13-4-2-1-3-5-13/h1-10H,11H2,(H,23,26). The Kier molecular flexibility index (Phi) is 4.81. The molecule has 4 aromatic rings. The molecule has 6 nitrogen and oxygen atoms in total. The van der Waals surface area contributed by atoms with E-state index in [1.165, 1.54) is 0 Å². The van der Waals surface area contributed by atoms with Crippen LogP contribution in [-0.2, 0) is 11.3 Å². The first kappa shape index (κ1) is 18.8. The van der Waals surface area contributed by atoms with Crippen LogP contribution in [0.15, 0.2) is 69.6 Å². The van der Waals surface area contributed by atoms with Crippen molar-refractivity contribution < 1.29 is 13.6 Å². The highest BCUT2D eigenvalue weighted by Crippen LogP contribution is 2.18.